The maximum Gasteiger partial charge on any atom is 0.0205 e. The molecule has 0 saturated heterocycles. The van der Waals surface area contributed by atoms with Crippen LogP contribution in [0.25, 0.3) is 0 Å². The fraction of sp³-hybridized carbons (Fsp3) is 0.778. The summed E-state index contributed by atoms with van der Waals surface area (Å²) in [5, 5.41) is 0.699. The molecule has 1 atom stereocenters. The largest absolute Gasteiger partial charge is 0.161 e. The van der Waals surface area contributed by atoms with E-state index in [9.17, 15) is 0 Å². The zero-order valence-corrected chi connectivity index (χ0v) is 7.71. The molecule has 0 aromatic rings. The highest BCUT2D eigenvalue weighted by Gasteiger charge is 2.02. The summed E-state index contributed by atoms with van der Waals surface area (Å²) in [7, 11) is 0. The smallest absolute Gasteiger partial charge is 0.0205 e. The Kier molecular flexibility index (Phi) is 6.96. The lowest BCUT2D eigenvalue weighted by molar-refractivity contribution is 0.693. The average molecular weight is 156 g/mol. The second-order valence-corrected chi connectivity index (χ2v) is 3.55. The fourth-order valence-electron chi connectivity index (χ4n) is 0.866. The predicted molar refractivity (Wildman–Crippen MR) is 50.3 cm³/mol. The summed E-state index contributed by atoms with van der Waals surface area (Å²) in [6.45, 7) is 2.22. The first-order valence-electron chi connectivity index (χ1n) is 3.81. The summed E-state index contributed by atoms with van der Waals surface area (Å²) in [4.78, 5) is 0. The van der Waals surface area contributed by atoms with Gasteiger partial charge >= 0.3 is 0 Å². The first-order valence-corrected chi connectivity index (χ1v) is 5.10. The van der Waals surface area contributed by atoms with E-state index < -0.39 is 0 Å². The highest BCUT2D eigenvalue weighted by atomic mass is 32.2. The van der Waals surface area contributed by atoms with Crippen LogP contribution in [0.15, 0.2) is 0 Å². The minimum Gasteiger partial charge on any atom is -0.161 e. The van der Waals surface area contributed by atoms with Crippen LogP contribution in [-0.4, -0.2) is 11.5 Å². The molecule has 0 fully saturated rings. The summed E-state index contributed by atoms with van der Waals surface area (Å²) in [6.07, 6.45) is 12.2. The Hall–Kier alpha value is -0.0900. The topological polar surface area (TPSA) is 0 Å². The molecule has 0 N–H and O–H groups in total. The third kappa shape index (κ3) is 4.76. The first-order chi connectivity index (χ1) is 4.85. The molecule has 0 saturated carbocycles. The van der Waals surface area contributed by atoms with Gasteiger partial charge in [-0.2, -0.15) is 11.8 Å². The molecular weight excluding hydrogens is 140 g/mol. The van der Waals surface area contributed by atoms with Crippen molar-refractivity contribution in [3.05, 3.63) is 0 Å². The molecule has 0 aliphatic carbocycles. The zero-order valence-electron chi connectivity index (χ0n) is 6.89. The summed E-state index contributed by atoms with van der Waals surface area (Å²) in [6, 6.07) is 0. The van der Waals surface area contributed by atoms with Gasteiger partial charge in [0.25, 0.3) is 0 Å². The molecular formula is C9H16S. The van der Waals surface area contributed by atoms with E-state index in [1.165, 1.54) is 19.3 Å². The lowest BCUT2D eigenvalue weighted by Crippen LogP contribution is -1.99. The zero-order chi connectivity index (χ0) is 7.82. The molecule has 0 rings (SSSR count). The van der Waals surface area contributed by atoms with Crippen LogP contribution < -0.4 is 0 Å². The first kappa shape index (κ1) is 9.91. The van der Waals surface area contributed by atoms with E-state index in [4.69, 9.17) is 6.42 Å². The number of thioether (sulfide) groups is 1. The SMILES string of the molecule is C#CCC(CCCC)SC. The Morgan fingerprint density at radius 2 is 2.30 bits per heavy atom. The predicted octanol–water partition coefficient (Wildman–Crippen LogP) is 2.93. The van der Waals surface area contributed by atoms with E-state index in [1.54, 1.807) is 0 Å². The number of rotatable bonds is 5. The van der Waals surface area contributed by atoms with E-state index in [-0.39, 0.29) is 0 Å². The second-order valence-electron chi connectivity index (χ2n) is 2.41. The Morgan fingerprint density at radius 1 is 1.60 bits per heavy atom. The summed E-state index contributed by atoms with van der Waals surface area (Å²) >= 11 is 1.89. The van der Waals surface area contributed by atoms with Gasteiger partial charge in [-0.3, -0.25) is 0 Å². The van der Waals surface area contributed by atoms with Crippen LogP contribution in [0.5, 0.6) is 0 Å². The van der Waals surface area contributed by atoms with Crippen LogP contribution >= 0.6 is 11.8 Å². The van der Waals surface area contributed by atoms with Crippen molar-refractivity contribution >= 4 is 11.8 Å². The molecule has 0 nitrogen and oxygen atoms in total. The minimum absolute atomic E-state index is 0.699. The molecule has 0 amide bonds. The molecule has 0 aliphatic rings. The average Bonchev–Trinajstić information content (AvgIpc) is 1.98. The number of unbranched alkanes of at least 4 members (excludes halogenated alkanes) is 1. The summed E-state index contributed by atoms with van der Waals surface area (Å²) in [5.74, 6) is 2.71. The van der Waals surface area contributed by atoms with Crippen molar-refractivity contribution in [2.45, 2.75) is 37.9 Å². The van der Waals surface area contributed by atoms with Crippen LogP contribution in [0.2, 0.25) is 0 Å². The van der Waals surface area contributed by atoms with Gasteiger partial charge in [0.2, 0.25) is 0 Å². The summed E-state index contributed by atoms with van der Waals surface area (Å²) < 4.78 is 0. The van der Waals surface area contributed by atoms with Gasteiger partial charge in [0.05, 0.1) is 0 Å². The Bertz CT molecular complexity index is 102. The molecule has 58 valence electrons. The number of hydrogen-bond donors (Lipinski definition) is 0. The van der Waals surface area contributed by atoms with Crippen molar-refractivity contribution in [1.29, 1.82) is 0 Å². The third-order valence-electron chi connectivity index (χ3n) is 1.56. The van der Waals surface area contributed by atoms with Crippen LogP contribution in [0.3, 0.4) is 0 Å². The van der Waals surface area contributed by atoms with Crippen molar-refractivity contribution in [2.75, 3.05) is 6.26 Å². The van der Waals surface area contributed by atoms with Gasteiger partial charge in [-0.15, -0.1) is 12.3 Å². The Morgan fingerprint density at radius 3 is 2.70 bits per heavy atom. The van der Waals surface area contributed by atoms with E-state index in [2.05, 4.69) is 19.1 Å². The van der Waals surface area contributed by atoms with Gasteiger partial charge in [0.15, 0.2) is 0 Å². The summed E-state index contributed by atoms with van der Waals surface area (Å²) in [5.41, 5.74) is 0. The molecule has 0 heterocycles. The quantitative estimate of drug-likeness (QED) is 0.551. The molecule has 0 radical (unpaired) electrons. The number of hydrogen-bond acceptors (Lipinski definition) is 1. The molecule has 0 spiro atoms. The van der Waals surface area contributed by atoms with Gasteiger partial charge < -0.3 is 0 Å². The second kappa shape index (κ2) is 7.02. The lowest BCUT2D eigenvalue weighted by Gasteiger charge is -2.08. The van der Waals surface area contributed by atoms with Crippen molar-refractivity contribution < 1.29 is 0 Å². The molecule has 10 heavy (non-hydrogen) atoms. The van der Waals surface area contributed by atoms with E-state index in [1.807, 2.05) is 11.8 Å². The third-order valence-corrected chi connectivity index (χ3v) is 2.63. The van der Waals surface area contributed by atoms with Crippen molar-refractivity contribution in [3.8, 4) is 12.3 Å². The molecule has 0 aromatic heterocycles. The Labute approximate surface area is 68.8 Å². The molecule has 0 aromatic carbocycles. The molecule has 0 aliphatic heterocycles. The van der Waals surface area contributed by atoms with Gasteiger partial charge in [-0.05, 0) is 12.7 Å². The monoisotopic (exact) mass is 156 g/mol. The lowest BCUT2D eigenvalue weighted by atomic mass is 10.1. The van der Waals surface area contributed by atoms with Gasteiger partial charge in [-0.25, -0.2) is 0 Å². The minimum atomic E-state index is 0.699. The fourth-order valence-corrected chi connectivity index (χ4v) is 1.53. The van der Waals surface area contributed by atoms with Crippen molar-refractivity contribution in [1.82, 2.24) is 0 Å². The van der Waals surface area contributed by atoms with Crippen LogP contribution in [0.4, 0.5) is 0 Å². The van der Waals surface area contributed by atoms with Crippen LogP contribution in [0, 0.1) is 12.3 Å². The molecule has 0 bridgehead atoms. The standard InChI is InChI=1S/C9H16S/c1-4-6-8-9(10-3)7-5-2/h2,9H,4,6-8H2,1,3H3. The maximum atomic E-state index is 5.21. The normalized spacial score (nSPS) is 12.5. The maximum absolute atomic E-state index is 5.21. The van der Waals surface area contributed by atoms with Gasteiger partial charge in [0.1, 0.15) is 0 Å². The van der Waals surface area contributed by atoms with E-state index >= 15 is 0 Å². The van der Waals surface area contributed by atoms with E-state index in [0.29, 0.717) is 5.25 Å². The highest BCUT2D eigenvalue weighted by Crippen LogP contribution is 2.16. The van der Waals surface area contributed by atoms with Crippen LogP contribution in [0.1, 0.15) is 32.6 Å². The van der Waals surface area contributed by atoms with Crippen molar-refractivity contribution in [3.63, 3.8) is 0 Å². The molecule has 1 heteroatoms. The molecule has 1 unspecified atom stereocenters. The highest BCUT2D eigenvalue weighted by molar-refractivity contribution is 7.99. The van der Waals surface area contributed by atoms with Gasteiger partial charge in [-0.1, -0.05) is 19.8 Å². The van der Waals surface area contributed by atoms with Crippen LogP contribution in [-0.2, 0) is 0 Å². The number of terminal acetylenes is 1. The van der Waals surface area contributed by atoms with E-state index in [0.717, 1.165) is 6.42 Å². The van der Waals surface area contributed by atoms with Gasteiger partial charge in [0, 0.05) is 11.7 Å². The van der Waals surface area contributed by atoms with Crippen molar-refractivity contribution in [2.24, 2.45) is 0 Å². The Balaban J connectivity index is 3.32.